The molecule has 0 unspecified atom stereocenters. The van der Waals surface area contributed by atoms with Crippen LogP contribution in [0.5, 0.6) is 0 Å². The molecule has 0 aromatic rings. The Morgan fingerprint density at radius 2 is 2.00 bits per heavy atom. The van der Waals surface area contributed by atoms with Gasteiger partial charge in [0.05, 0.1) is 18.1 Å². The Bertz CT molecular complexity index is 234. The predicted octanol–water partition coefficient (Wildman–Crippen LogP) is -0.301. The summed E-state index contributed by atoms with van der Waals surface area (Å²) in [6.07, 6.45) is 0.625. The summed E-state index contributed by atoms with van der Waals surface area (Å²) >= 11 is 4.82. The van der Waals surface area contributed by atoms with Crippen LogP contribution in [-0.2, 0) is 9.53 Å². The molecule has 0 aliphatic rings. The van der Waals surface area contributed by atoms with Crippen molar-refractivity contribution in [3.8, 4) is 0 Å². The van der Waals surface area contributed by atoms with Crippen LogP contribution in [0.3, 0.4) is 0 Å². The lowest BCUT2D eigenvalue weighted by Crippen LogP contribution is -2.39. The third-order valence-electron chi connectivity index (χ3n) is 2.14. The lowest BCUT2D eigenvalue weighted by Gasteiger charge is -2.22. The minimum atomic E-state index is 0.0686. The molecular weight excluding hydrogens is 226 g/mol. The van der Waals surface area contributed by atoms with Crippen molar-refractivity contribution in [2.24, 2.45) is 5.73 Å². The Morgan fingerprint density at radius 3 is 2.44 bits per heavy atom. The Kier molecular flexibility index (Phi) is 8.05. The van der Waals surface area contributed by atoms with E-state index in [-0.39, 0.29) is 5.91 Å². The highest BCUT2D eigenvalue weighted by molar-refractivity contribution is 7.80. The fraction of sp³-hybridized carbons (Fsp3) is 0.800. The number of rotatable bonds is 8. The van der Waals surface area contributed by atoms with Gasteiger partial charge in [0.15, 0.2) is 0 Å². The molecule has 0 fully saturated rings. The van der Waals surface area contributed by atoms with Crippen LogP contribution in [-0.4, -0.2) is 68.1 Å². The normalized spacial score (nSPS) is 10.5. The van der Waals surface area contributed by atoms with Crippen molar-refractivity contribution >= 4 is 23.1 Å². The average molecular weight is 247 g/mol. The van der Waals surface area contributed by atoms with Crippen LogP contribution in [0.1, 0.15) is 6.42 Å². The molecule has 0 atom stereocenters. The van der Waals surface area contributed by atoms with Gasteiger partial charge in [0.2, 0.25) is 5.91 Å². The van der Waals surface area contributed by atoms with Gasteiger partial charge in [-0.15, -0.1) is 0 Å². The molecule has 0 aromatic heterocycles. The monoisotopic (exact) mass is 247 g/mol. The van der Waals surface area contributed by atoms with E-state index >= 15 is 0 Å². The minimum Gasteiger partial charge on any atom is -0.393 e. The molecule has 16 heavy (non-hydrogen) atoms. The van der Waals surface area contributed by atoms with Gasteiger partial charge in [0.25, 0.3) is 0 Å². The van der Waals surface area contributed by atoms with Gasteiger partial charge < -0.3 is 15.4 Å². The maximum absolute atomic E-state index is 11.5. The van der Waals surface area contributed by atoms with Gasteiger partial charge in [0, 0.05) is 40.7 Å². The summed E-state index contributed by atoms with van der Waals surface area (Å²) < 4.78 is 4.99. The Labute approximate surface area is 103 Å². The molecule has 94 valence electrons. The maximum atomic E-state index is 11.5. The number of hydrogen-bond acceptors (Lipinski definition) is 4. The second kappa shape index (κ2) is 8.43. The molecule has 2 N–H and O–H groups in total. The number of carbonyl (C=O) groups excluding carboxylic acids is 1. The molecule has 0 saturated heterocycles. The smallest absolute Gasteiger partial charge is 0.236 e. The number of likely N-dealkylation sites (N-methyl/N-ethyl adjacent to an activating group) is 1. The summed E-state index contributed by atoms with van der Waals surface area (Å²) in [5.74, 6) is 0.0686. The summed E-state index contributed by atoms with van der Waals surface area (Å²) in [7, 11) is 5.12. The van der Waals surface area contributed by atoms with Gasteiger partial charge in [0.1, 0.15) is 0 Å². The number of methoxy groups -OCH3 is 1. The molecule has 5 nitrogen and oxygen atoms in total. The zero-order chi connectivity index (χ0) is 12.6. The molecule has 0 aliphatic heterocycles. The van der Waals surface area contributed by atoms with E-state index in [2.05, 4.69) is 0 Å². The molecule has 0 radical (unpaired) electrons. The fourth-order valence-electron chi connectivity index (χ4n) is 1.09. The van der Waals surface area contributed by atoms with E-state index in [1.165, 1.54) is 0 Å². The van der Waals surface area contributed by atoms with Crippen LogP contribution >= 0.6 is 12.2 Å². The molecule has 0 aliphatic carbocycles. The van der Waals surface area contributed by atoms with Crippen molar-refractivity contribution in [3.05, 3.63) is 0 Å². The van der Waals surface area contributed by atoms with Crippen molar-refractivity contribution in [3.63, 3.8) is 0 Å². The lowest BCUT2D eigenvalue weighted by atomic mass is 10.3. The zero-order valence-electron chi connectivity index (χ0n) is 10.2. The SMILES string of the molecule is COCCN(CCC(N)=S)CC(=O)N(C)C. The first kappa shape index (κ1) is 15.3. The van der Waals surface area contributed by atoms with Gasteiger partial charge in [-0.2, -0.15) is 0 Å². The second-order valence-corrected chi connectivity index (χ2v) is 4.30. The first-order chi connectivity index (χ1) is 7.47. The minimum absolute atomic E-state index is 0.0686. The average Bonchev–Trinajstić information content (AvgIpc) is 2.21. The number of hydrogen-bond donors (Lipinski definition) is 1. The number of nitrogens with zero attached hydrogens (tertiary/aromatic N) is 2. The van der Waals surface area contributed by atoms with Gasteiger partial charge in [-0.1, -0.05) is 12.2 Å². The molecule has 1 amide bonds. The van der Waals surface area contributed by atoms with Crippen molar-refractivity contribution in [1.29, 1.82) is 0 Å². The number of ether oxygens (including phenoxy) is 1. The Hall–Kier alpha value is -0.720. The first-order valence-electron chi connectivity index (χ1n) is 5.17. The molecule has 0 aromatic carbocycles. The topological polar surface area (TPSA) is 58.8 Å². The van der Waals surface area contributed by atoms with Crippen molar-refractivity contribution in [1.82, 2.24) is 9.80 Å². The van der Waals surface area contributed by atoms with E-state index in [1.54, 1.807) is 26.1 Å². The van der Waals surface area contributed by atoms with Gasteiger partial charge in [-0.3, -0.25) is 9.69 Å². The summed E-state index contributed by atoms with van der Waals surface area (Å²) in [6.45, 7) is 2.37. The standard InChI is InChI=1S/C10H21N3O2S/c1-12(2)10(14)8-13(6-7-15-3)5-4-9(11)16/h4-8H2,1-3H3,(H2,11,16). The van der Waals surface area contributed by atoms with Crippen LogP contribution in [0.2, 0.25) is 0 Å². The number of amides is 1. The van der Waals surface area contributed by atoms with E-state index < -0.39 is 0 Å². The number of thiocarbonyl (C=S) groups is 1. The Morgan fingerprint density at radius 1 is 1.38 bits per heavy atom. The van der Waals surface area contributed by atoms with E-state index in [4.69, 9.17) is 22.7 Å². The third kappa shape index (κ3) is 7.56. The highest BCUT2D eigenvalue weighted by Gasteiger charge is 2.12. The highest BCUT2D eigenvalue weighted by atomic mass is 32.1. The number of nitrogens with two attached hydrogens (primary N) is 1. The predicted molar refractivity (Wildman–Crippen MR) is 68.4 cm³/mol. The molecule has 0 saturated carbocycles. The van der Waals surface area contributed by atoms with Gasteiger partial charge in [-0.05, 0) is 0 Å². The summed E-state index contributed by atoms with van der Waals surface area (Å²) in [6, 6.07) is 0. The van der Waals surface area contributed by atoms with Crippen molar-refractivity contribution in [2.45, 2.75) is 6.42 Å². The van der Waals surface area contributed by atoms with Gasteiger partial charge in [-0.25, -0.2) is 0 Å². The molecule has 0 spiro atoms. The van der Waals surface area contributed by atoms with Crippen molar-refractivity contribution < 1.29 is 9.53 Å². The second-order valence-electron chi connectivity index (χ2n) is 3.77. The van der Waals surface area contributed by atoms with Crippen LogP contribution in [0.25, 0.3) is 0 Å². The quantitative estimate of drug-likeness (QED) is 0.597. The molecule has 0 bridgehead atoms. The van der Waals surface area contributed by atoms with E-state index in [0.29, 0.717) is 37.7 Å². The zero-order valence-corrected chi connectivity index (χ0v) is 11.0. The van der Waals surface area contributed by atoms with E-state index in [1.807, 2.05) is 4.90 Å². The third-order valence-corrected chi connectivity index (χ3v) is 2.35. The molecule has 0 rings (SSSR count). The molecule has 0 heterocycles. The van der Waals surface area contributed by atoms with E-state index in [9.17, 15) is 4.79 Å². The van der Waals surface area contributed by atoms with Crippen molar-refractivity contribution in [2.75, 3.05) is 47.4 Å². The summed E-state index contributed by atoms with van der Waals surface area (Å²) in [5, 5.41) is 0. The van der Waals surface area contributed by atoms with Gasteiger partial charge >= 0.3 is 0 Å². The summed E-state index contributed by atoms with van der Waals surface area (Å²) in [4.78, 5) is 15.6. The summed E-state index contributed by atoms with van der Waals surface area (Å²) in [5.41, 5.74) is 5.44. The first-order valence-corrected chi connectivity index (χ1v) is 5.58. The maximum Gasteiger partial charge on any atom is 0.236 e. The highest BCUT2D eigenvalue weighted by Crippen LogP contribution is 1.94. The van der Waals surface area contributed by atoms with Crippen LogP contribution < -0.4 is 5.73 Å². The Balaban J connectivity index is 4.08. The van der Waals surface area contributed by atoms with Crippen LogP contribution in [0, 0.1) is 0 Å². The lowest BCUT2D eigenvalue weighted by molar-refractivity contribution is -0.130. The fourth-order valence-corrected chi connectivity index (χ4v) is 1.18. The van der Waals surface area contributed by atoms with Crippen LogP contribution in [0.15, 0.2) is 0 Å². The van der Waals surface area contributed by atoms with Crippen LogP contribution in [0.4, 0.5) is 0 Å². The number of carbonyl (C=O) groups is 1. The molecular formula is C10H21N3O2S. The molecule has 6 heteroatoms. The largest absolute Gasteiger partial charge is 0.393 e. The van der Waals surface area contributed by atoms with E-state index in [0.717, 1.165) is 0 Å².